The lowest BCUT2D eigenvalue weighted by molar-refractivity contribution is -0.0314. The fraction of sp³-hybridized carbons (Fsp3) is 0.562. The van der Waals surface area contributed by atoms with Crippen LogP contribution >= 0.6 is 0 Å². The second-order valence-corrected chi connectivity index (χ2v) is 6.36. The molecule has 1 amide bonds. The zero-order chi connectivity index (χ0) is 16.0. The van der Waals surface area contributed by atoms with Gasteiger partial charge in [-0.15, -0.1) is 0 Å². The first-order valence-corrected chi connectivity index (χ1v) is 8.09. The normalized spacial score (nSPS) is 21.7. The molecular weight excluding hydrogens is 294 g/mol. The van der Waals surface area contributed by atoms with E-state index in [2.05, 4.69) is 10.2 Å². The van der Waals surface area contributed by atoms with Gasteiger partial charge >= 0.3 is 0 Å². The Morgan fingerprint density at radius 3 is 2.91 bits per heavy atom. The number of nitrogens with zero attached hydrogens (tertiary/aromatic N) is 5. The summed E-state index contributed by atoms with van der Waals surface area (Å²) in [6, 6.07) is 1.84. The van der Waals surface area contributed by atoms with E-state index in [0.29, 0.717) is 37.0 Å². The predicted octanol–water partition coefficient (Wildman–Crippen LogP) is 1.17. The molecule has 1 aliphatic heterocycles. The summed E-state index contributed by atoms with van der Waals surface area (Å²) < 4.78 is 9.24. The van der Waals surface area contributed by atoms with Crippen molar-refractivity contribution >= 4 is 5.91 Å². The minimum absolute atomic E-state index is 0.0232. The molecule has 3 heterocycles. The quantitative estimate of drug-likeness (QED) is 0.853. The van der Waals surface area contributed by atoms with E-state index in [0.717, 1.165) is 5.69 Å². The van der Waals surface area contributed by atoms with Gasteiger partial charge in [0, 0.05) is 32.5 Å². The average Bonchev–Trinajstić information content (AvgIpc) is 3.18. The second kappa shape index (κ2) is 5.49. The van der Waals surface area contributed by atoms with Crippen LogP contribution < -0.4 is 0 Å². The van der Waals surface area contributed by atoms with Gasteiger partial charge in [-0.3, -0.25) is 4.79 Å². The van der Waals surface area contributed by atoms with Gasteiger partial charge in [-0.2, -0.15) is 10.2 Å². The van der Waals surface area contributed by atoms with E-state index in [9.17, 15) is 4.79 Å². The molecule has 0 spiro atoms. The fourth-order valence-electron chi connectivity index (χ4n) is 3.32. The van der Waals surface area contributed by atoms with Crippen molar-refractivity contribution in [3.8, 4) is 5.82 Å². The fourth-order valence-corrected chi connectivity index (χ4v) is 3.32. The van der Waals surface area contributed by atoms with Crippen LogP contribution in [0.4, 0.5) is 0 Å². The summed E-state index contributed by atoms with van der Waals surface area (Å²) in [5.41, 5.74) is 1.37. The molecule has 1 atom stereocenters. The van der Waals surface area contributed by atoms with E-state index >= 15 is 0 Å². The van der Waals surface area contributed by atoms with Crippen LogP contribution in [0.15, 0.2) is 18.5 Å². The summed E-state index contributed by atoms with van der Waals surface area (Å²) in [6.07, 6.45) is 6.17. The number of ether oxygens (including phenoxy) is 1. The van der Waals surface area contributed by atoms with Crippen LogP contribution in [0, 0.1) is 12.8 Å². The van der Waals surface area contributed by atoms with Crippen molar-refractivity contribution in [3.05, 3.63) is 29.7 Å². The molecule has 23 heavy (non-hydrogen) atoms. The highest BCUT2D eigenvalue weighted by atomic mass is 16.5. The van der Waals surface area contributed by atoms with Crippen LogP contribution in [-0.2, 0) is 11.8 Å². The topological polar surface area (TPSA) is 65.2 Å². The van der Waals surface area contributed by atoms with Crippen LogP contribution in [0.3, 0.4) is 0 Å². The van der Waals surface area contributed by atoms with Gasteiger partial charge < -0.3 is 9.64 Å². The summed E-state index contributed by atoms with van der Waals surface area (Å²) in [6.45, 7) is 3.80. The van der Waals surface area contributed by atoms with E-state index in [1.165, 1.54) is 12.8 Å². The number of aryl methyl sites for hydroxylation is 2. The Morgan fingerprint density at radius 1 is 1.39 bits per heavy atom. The van der Waals surface area contributed by atoms with Crippen molar-refractivity contribution in [1.29, 1.82) is 0 Å². The first kappa shape index (κ1) is 14.4. The molecular formula is C16H21N5O2. The summed E-state index contributed by atoms with van der Waals surface area (Å²) in [5, 5.41) is 8.69. The molecule has 7 heteroatoms. The number of carbonyl (C=O) groups excluding carboxylic acids is 1. The number of hydrogen-bond donors (Lipinski definition) is 0. The Labute approximate surface area is 134 Å². The number of amides is 1. The average molecular weight is 315 g/mol. The molecule has 7 nitrogen and oxygen atoms in total. The Hall–Kier alpha value is -2.15. The maximum atomic E-state index is 13.1. The SMILES string of the molecule is Cc1nn(C)c(-n2cccn2)c1C(=O)N1CCOC(C2CC2)C1. The molecule has 1 unspecified atom stereocenters. The zero-order valence-corrected chi connectivity index (χ0v) is 13.5. The molecule has 0 N–H and O–H groups in total. The maximum absolute atomic E-state index is 13.1. The second-order valence-electron chi connectivity index (χ2n) is 6.36. The molecule has 122 valence electrons. The highest BCUT2D eigenvalue weighted by molar-refractivity contribution is 5.98. The molecule has 1 aliphatic carbocycles. The molecule has 1 saturated carbocycles. The van der Waals surface area contributed by atoms with Gasteiger partial charge in [0.25, 0.3) is 5.91 Å². The van der Waals surface area contributed by atoms with Gasteiger partial charge in [0.2, 0.25) is 0 Å². The zero-order valence-electron chi connectivity index (χ0n) is 13.5. The van der Waals surface area contributed by atoms with Crippen LogP contribution in [0.25, 0.3) is 5.82 Å². The summed E-state index contributed by atoms with van der Waals surface area (Å²) in [4.78, 5) is 15.0. The maximum Gasteiger partial charge on any atom is 0.259 e. The highest BCUT2D eigenvalue weighted by Crippen LogP contribution is 2.36. The molecule has 2 aromatic heterocycles. The Kier molecular flexibility index (Phi) is 3.45. The van der Waals surface area contributed by atoms with E-state index in [4.69, 9.17) is 4.74 Å². The smallest absolute Gasteiger partial charge is 0.259 e. The number of hydrogen-bond acceptors (Lipinski definition) is 4. The number of carbonyl (C=O) groups is 1. The van der Waals surface area contributed by atoms with Crippen molar-refractivity contribution in [2.75, 3.05) is 19.7 Å². The van der Waals surface area contributed by atoms with Gasteiger partial charge in [0.05, 0.1) is 18.4 Å². The minimum Gasteiger partial charge on any atom is -0.374 e. The van der Waals surface area contributed by atoms with Crippen LogP contribution in [0.2, 0.25) is 0 Å². The largest absolute Gasteiger partial charge is 0.374 e. The minimum atomic E-state index is 0.0232. The van der Waals surface area contributed by atoms with E-state index in [1.807, 2.05) is 31.1 Å². The molecule has 0 aromatic carbocycles. The molecule has 1 saturated heterocycles. The monoisotopic (exact) mass is 315 g/mol. The third-order valence-electron chi connectivity index (χ3n) is 4.66. The number of aromatic nitrogens is 4. The number of rotatable bonds is 3. The third-order valence-corrected chi connectivity index (χ3v) is 4.66. The molecule has 2 aromatic rings. The van der Waals surface area contributed by atoms with Crippen LogP contribution in [0.5, 0.6) is 0 Å². The highest BCUT2D eigenvalue weighted by Gasteiger charge is 2.37. The lowest BCUT2D eigenvalue weighted by Gasteiger charge is -2.33. The Morgan fingerprint density at radius 2 is 2.22 bits per heavy atom. The Balaban J connectivity index is 1.65. The van der Waals surface area contributed by atoms with Crippen molar-refractivity contribution in [2.24, 2.45) is 13.0 Å². The summed E-state index contributed by atoms with van der Waals surface area (Å²) >= 11 is 0. The van der Waals surface area contributed by atoms with E-state index < -0.39 is 0 Å². The first-order valence-electron chi connectivity index (χ1n) is 8.09. The van der Waals surface area contributed by atoms with Crippen LogP contribution in [0.1, 0.15) is 28.9 Å². The molecule has 4 rings (SSSR count). The van der Waals surface area contributed by atoms with Gasteiger partial charge in [0.1, 0.15) is 5.56 Å². The lowest BCUT2D eigenvalue weighted by Crippen LogP contribution is -2.46. The van der Waals surface area contributed by atoms with Gasteiger partial charge in [-0.1, -0.05) is 0 Å². The van der Waals surface area contributed by atoms with Crippen LogP contribution in [-0.4, -0.2) is 56.2 Å². The van der Waals surface area contributed by atoms with E-state index in [1.54, 1.807) is 15.6 Å². The summed E-state index contributed by atoms with van der Waals surface area (Å²) in [7, 11) is 1.84. The van der Waals surface area contributed by atoms with Crippen molar-refractivity contribution < 1.29 is 9.53 Å². The molecule has 2 aliphatic rings. The van der Waals surface area contributed by atoms with Gasteiger partial charge in [0.15, 0.2) is 5.82 Å². The lowest BCUT2D eigenvalue weighted by atomic mass is 10.1. The third kappa shape index (κ3) is 2.55. The molecule has 0 radical (unpaired) electrons. The van der Waals surface area contributed by atoms with Crippen molar-refractivity contribution in [1.82, 2.24) is 24.5 Å². The van der Waals surface area contributed by atoms with Crippen molar-refractivity contribution in [3.63, 3.8) is 0 Å². The molecule has 0 bridgehead atoms. The van der Waals surface area contributed by atoms with Gasteiger partial charge in [-0.25, -0.2) is 9.36 Å². The Bertz CT molecular complexity index is 717. The van der Waals surface area contributed by atoms with E-state index in [-0.39, 0.29) is 12.0 Å². The number of morpholine rings is 1. The summed E-state index contributed by atoms with van der Waals surface area (Å²) in [5.74, 6) is 1.37. The van der Waals surface area contributed by atoms with Gasteiger partial charge in [-0.05, 0) is 31.7 Å². The molecule has 2 fully saturated rings. The predicted molar refractivity (Wildman–Crippen MR) is 83.4 cm³/mol. The first-order chi connectivity index (χ1) is 11.1. The standard InChI is InChI=1S/C16H21N5O2/c1-11-14(15(19(2)18-11)21-7-3-6-17-21)16(22)20-8-9-23-13(10-20)12-4-5-12/h3,6-7,12-13H,4-5,8-10H2,1-2H3. The van der Waals surface area contributed by atoms with Crippen molar-refractivity contribution in [2.45, 2.75) is 25.9 Å².